The van der Waals surface area contributed by atoms with Crippen molar-refractivity contribution in [3.63, 3.8) is 0 Å². The topological polar surface area (TPSA) is 9.86 Å². The van der Waals surface area contributed by atoms with Gasteiger partial charge in [0.15, 0.2) is 0 Å². The molecule has 10 rings (SSSR count). The number of hydrogen-bond acceptors (Lipinski definition) is 0. The Kier molecular flexibility index (Phi) is 6.57. The lowest BCUT2D eigenvalue weighted by Crippen LogP contribution is -2.05. The molecule has 234 valence electrons. The van der Waals surface area contributed by atoms with Crippen molar-refractivity contribution in [2.45, 2.75) is 12.8 Å². The van der Waals surface area contributed by atoms with Gasteiger partial charge in [-0.05, 0) is 71.5 Å². The zero-order valence-electron chi connectivity index (χ0n) is 27.5. The lowest BCUT2D eigenvalue weighted by molar-refractivity contribution is 0.889. The number of benzene rings is 6. The maximum Gasteiger partial charge on any atom is 0.0788 e. The van der Waals surface area contributed by atoms with Gasteiger partial charge in [0.1, 0.15) is 0 Å². The second-order valence-corrected chi connectivity index (χ2v) is 13.1. The van der Waals surface area contributed by atoms with Crippen LogP contribution < -0.4 is 0 Å². The van der Waals surface area contributed by atoms with E-state index in [0.29, 0.717) is 0 Å². The van der Waals surface area contributed by atoms with E-state index < -0.39 is 0 Å². The highest BCUT2D eigenvalue weighted by Crippen LogP contribution is 2.43. The van der Waals surface area contributed by atoms with Crippen LogP contribution in [-0.4, -0.2) is 9.13 Å². The van der Waals surface area contributed by atoms with Crippen LogP contribution in [0, 0.1) is 12.1 Å². The zero-order valence-corrected chi connectivity index (χ0v) is 27.5. The summed E-state index contributed by atoms with van der Waals surface area (Å²) < 4.78 is 5.02. The fraction of sp³-hybridized carbons (Fsp3) is 0.0417. The molecule has 50 heavy (non-hydrogen) atoms. The molecule has 0 amide bonds. The molecular weight excluding hydrogens is 605 g/mol. The maximum atomic E-state index is 3.38. The van der Waals surface area contributed by atoms with Gasteiger partial charge < -0.3 is 9.13 Å². The molecule has 2 heterocycles. The van der Waals surface area contributed by atoms with Crippen LogP contribution in [0.4, 0.5) is 0 Å². The van der Waals surface area contributed by atoms with E-state index >= 15 is 0 Å². The van der Waals surface area contributed by atoms with Crippen LogP contribution >= 0.6 is 0 Å². The van der Waals surface area contributed by atoms with Gasteiger partial charge in [-0.15, -0.1) is 0 Å². The first-order valence-corrected chi connectivity index (χ1v) is 17.3. The van der Waals surface area contributed by atoms with E-state index in [1.807, 2.05) is 12.1 Å². The maximum absolute atomic E-state index is 3.38. The summed E-state index contributed by atoms with van der Waals surface area (Å²) in [6.45, 7) is 0. The van der Waals surface area contributed by atoms with E-state index in [2.05, 4.69) is 179 Å². The summed E-state index contributed by atoms with van der Waals surface area (Å²) in [4.78, 5) is 0. The molecule has 0 saturated heterocycles. The monoisotopic (exact) mass is 636 g/mol. The summed E-state index contributed by atoms with van der Waals surface area (Å²) in [5, 5.41) is 3.79. The van der Waals surface area contributed by atoms with Crippen LogP contribution in [0.2, 0.25) is 0 Å². The van der Waals surface area contributed by atoms with Gasteiger partial charge in [-0.2, -0.15) is 0 Å². The van der Waals surface area contributed by atoms with Crippen molar-refractivity contribution < 1.29 is 0 Å². The molecule has 0 saturated carbocycles. The molecule has 0 unspecified atom stereocenters. The molecule has 2 nitrogen and oxygen atoms in total. The van der Waals surface area contributed by atoms with Gasteiger partial charge in [0.25, 0.3) is 0 Å². The van der Waals surface area contributed by atoms with Crippen molar-refractivity contribution in [3.8, 4) is 44.8 Å². The molecule has 1 aliphatic rings. The van der Waals surface area contributed by atoms with Gasteiger partial charge in [0.05, 0.1) is 22.2 Å². The normalized spacial score (nSPS) is 12.4. The van der Waals surface area contributed by atoms with E-state index in [1.54, 1.807) is 0 Å². The Bertz CT molecular complexity index is 2710. The predicted molar refractivity (Wildman–Crippen MR) is 209 cm³/mol. The lowest BCUT2D eigenvalue weighted by Gasteiger charge is -2.18. The first-order chi connectivity index (χ1) is 24.8. The Balaban J connectivity index is 1.21. The first-order valence-electron chi connectivity index (χ1n) is 17.3. The summed E-state index contributed by atoms with van der Waals surface area (Å²) in [7, 11) is 0. The van der Waals surface area contributed by atoms with Gasteiger partial charge in [-0.25, -0.2) is 0 Å². The van der Waals surface area contributed by atoms with Crippen LogP contribution in [0.15, 0.2) is 164 Å². The van der Waals surface area contributed by atoms with Crippen molar-refractivity contribution in [1.82, 2.24) is 9.13 Å². The minimum absolute atomic E-state index is 0.985. The Morgan fingerprint density at radius 2 is 1.16 bits per heavy atom. The quantitative estimate of drug-likeness (QED) is 0.178. The van der Waals surface area contributed by atoms with Crippen LogP contribution in [0.3, 0.4) is 0 Å². The van der Waals surface area contributed by atoms with Crippen LogP contribution in [0.5, 0.6) is 0 Å². The van der Waals surface area contributed by atoms with Crippen LogP contribution in [0.1, 0.15) is 17.7 Å². The van der Waals surface area contributed by atoms with Gasteiger partial charge in [-0.1, -0.05) is 146 Å². The summed E-state index contributed by atoms with van der Waals surface area (Å²) >= 11 is 0. The van der Waals surface area contributed by atoms with E-state index in [0.717, 1.165) is 29.7 Å². The zero-order chi connectivity index (χ0) is 33.0. The van der Waals surface area contributed by atoms with E-state index in [-0.39, 0.29) is 0 Å². The molecular formula is C48H32N2. The third-order valence-electron chi connectivity index (χ3n) is 10.3. The van der Waals surface area contributed by atoms with E-state index in [1.165, 1.54) is 71.9 Å². The molecule has 0 fully saturated rings. The molecule has 0 N–H and O–H groups in total. The Labute approximate surface area is 291 Å². The fourth-order valence-electron chi connectivity index (χ4n) is 7.98. The van der Waals surface area contributed by atoms with Crippen LogP contribution in [-0.2, 0) is 6.42 Å². The molecule has 9 aromatic rings. The largest absolute Gasteiger partial charge is 0.310 e. The highest BCUT2D eigenvalue weighted by molar-refractivity contribution is 6.19. The molecule has 0 aliphatic heterocycles. The summed E-state index contributed by atoms with van der Waals surface area (Å²) in [6.07, 6.45) is 6.66. The van der Waals surface area contributed by atoms with E-state index in [4.69, 9.17) is 0 Å². The molecule has 0 atom stereocenters. The number of aromatic nitrogens is 2. The van der Waals surface area contributed by atoms with Gasteiger partial charge >= 0.3 is 0 Å². The second-order valence-electron chi connectivity index (χ2n) is 13.1. The Morgan fingerprint density at radius 1 is 0.500 bits per heavy atom. The van der Waals surface area contributed by atoms with Gasteiger partial charge in [0.2, 0.25) is 0 Å². The van der Waals surface area contributed by atoms with Crippen molar-refractivity contribution in [3.05, 3.63) is 187 Å². The molecule has 7 aromatic carbocycles. The lowest BCUT2D eigenvalue weighted by atomic mass is 10.0. The van der Waals surface area contributed by atoms with Crippen LogP contribution in [0.25, 0.3) is 83.5 Å². The highest BCUT2D eigenvalue weighted by Gasteiger charge is 2.25. The molecule has 1 aliphatic carbocycles. The highest BCUT2D eigenvalue weighted by atomic mass is 15.1. The van der Waals surface area contributed by atoms with E-state index in [9.17, 15) is 0 Å². The van der Waals surface area contributed by atoms with Crippen molar-refractivity contribution >= 4 is 38.8 Å². The number of fused-ring (bicyclic) bond motifs is 7. The van der Waals surface area contributed by atoms with Crippen molar-refractivity contribution in [1.29, 1.82) is 0 Å². The Hall–Kier alpha value is -6.56. The second kappa shape index (κ2) is 11.5. The Morgan fingerprint density at radius 3 is 1.94 bits per heavy atom. The van der Waals surface area contributed by atoms with Gasteiger partial charge in [-0.3, -0.25) is 0 Å². The number of para-hydroxylation sites is 2. The molecule has 0 radical (unpaired) electrons. The minimum Gasteiger partial charge on any atom is -0.310 e. The third-order valence-corrected chi connectivity index (χ3v) is 10.3. The first kappa shape index (κ1) is 28.5. The third kappa shape index (κ3) is 4.45. The number of nitrogens with zero attached hydrogens (tertiary/aromatic N) is 2. The minimum atomic E-state index is 0.985. The van der Waals surface area contributed by atoms with Crippen molar-refractivity contribution in [2.24, 2.45) is 0 Å². The molecule has 2 heteroatoms. The summed E-state index contributed by atoms with van der Waals surface area (Å²) in [5.74, 6) is 0. The molecule has 0 spiro atoms. The van der Waals surface area contributed by atoms with Crippen molar-refractivity contribution in [2.75, 3.05) is 0 Å². The SMILES string of the molecule is c1cccc(-c2ccccc2-n2c3c(c4ccc5c6ccccc6n(-c6ccc(-c7ccc(-c8ccccc8)cc7)cc6)c5c42)C=CCC3)c#1. The smallest absolute Gasteiger partial charge is 0.0788 e. The number of hydrogen-bond donors (Lipinski definition) is 0. The summed E-state index contributed by atoms with van der Waals surface area (Å²) in [5.41, 5.74) is 15.7. The summed E-state index contributed by atoms with van der Waals surface area (Å²) in [6, 6.07) is 63.5. The molecule has 0 bridgehead atoms. The fourth-order valence-corrected chi connectivity index (χ4v) is 7.98. The standard InChI is InChI=1S/C48H32N2/c1-3-13-33(14-4-1)34-23-25-35(26-24-34)36-27-29-38(30-28-36)49-45-21-11-8-18-40(45)42-31-32-43-41-19-9-12-22-46(41)50(48(43)47(42)49)44-20-10-7-17-39(44)37-15-5-2-6-16-37/h1-5,7-11,13-15,17-21,23-32H,12,22H2. The average Bonchev–Trinajstić information content (AvgIpc) is 3.72. The van der Waals surface area contributed by atoms with Gasteiger partial charge in [0, 0.05) is 44.2 Å². The number of rotatable bonds is 5. The number of allylic oxidation sites excluding steroid dienone is 1. The molecule has 2 aromatic heterocycles. The predicted octanol–water partition coefficient (Wildman–Crippen LogP) is 12.3. The average molecular weight is 637 g/mol.